The van der Waals surface area contributed by atoms with E-state index < -0.39 is 36.1 Å². The van der Waals surface area contributed by atoms with Crippen molar-refractivity contribution in [3.63, 3.8) is 0 Å². The summed E-state index contributed by atoms with van der Waals surface area (Å²) in [4.78, 5) is 11.0. The number of amides is 1. The van der Waals surface area contributed by atoms with E-state index >= 15 is 0 Å². The number of hydrogen-bond acceptors (Lipinski definition) is 5. The summed E-state index contributed by atoms with van der Waals surface area (Å²) in [7, 11) is -5.59. The van der Waals surface area contributed by atoms with Crippen LogP contribution in [-0.4, -0.2) is 41.4 Å². The molecule has 0 fully saturated rings. The van der Waals surface area contributed by atoms with Gasteiger partial charge in [0.1, 0.15) is 6.17 Å². The van der Waals surface area contributed by atoms with Crippen molar-refractivity contribution in [1.29, 1.82) is 0 Å². The summed E-state index contributed by atoms with van der Waals surface area (Å²) in [5, 5.41) is 10.2. The first kappa shape index (κ1) is 28.8. The van der Waals surface area contributed by atoms with Gasteiger partial charge in [0.05, 0.1) is 16.3 Å². The number of halogens is 6. The van der Waals surface area contributed by atoms with Crippen LogP contribution in [-0.2, 0) is 14.6 Å². The summed E-state index contributed by atoms with van der Waals surface area (Å²) in [5.74, 6) is -0.412. The molecule has 0 bridgehead atoms. The number of rotatable bonds is 9. The van der Waals surface area contributed by atoms with Gasteiger partial charge in [0.2, 0.25) is 9.70 Å². The monoisotopic (exact) mass is 556 g/mol. The average Bonchev–Trinajstić information content (AvgIpc) is 2.65. The summed E-state index contributed by atoms with van der Waals surface area (Å²) < 4.78 is 60.3. The van der Waals surface area contributed by atoms with Crippen molar-refractivity contribution in [2.75, 3.05) is 17.2 Å². The van der Waals surface area contributed by atoms with Gasteiger partial charge in [-0.3, -0.25) is 4.79 Å². The zero-order chi connectivity index (χ0) is 24.7. The van der Waals surface area contributed by atoms with Gasteiger partial charge >= 0.3 is 5.51 Å². The van der Waals surface area contributed by atoms with Crippen LogP contribution in [0.1, 0.15) is 33.1 Å². The maximum atomic E-state index is 12.9. The van der Waals surface area contributed by atoms with Crippen molar-refractivity contribution in [1.82, 2.24) is 10.6 Å². The fourth-order valence-electron chi connectivity index (χ4n) is 2.33. The molecule has 0 aromatic heterocycles. The van der Waals surface area contributed by atoms with Crippen LogP contribution in [0.25, 0.3) is 0 Å². The number of alkyl halides is 6. The lowest BCUT2D eigenvalue weighted by atomic mass is 10.2. The predicted octanol–water partition coefficient (Wildman–Crippen LogP) is 4.70. The Morgan fingerprint density at radius 1 is 1.12 bits per heavy atom. The van der Waals surface area contributed by atoms with E-state index in [9.17, 15) is 26.4 Å². The molecule has 0 aliphatic carbocycles. The quantitative estimate of drug-likeness (QED) is 0.198. The first-order valence-corrected chi connectivity index (χ1v) is 12.3. The molecular formula is C17H22Cl3F3N4O3S2. The minimum atomic E-state index is -5.59. The smallest absolute Gasteiger partial charge is 0.384 e. The van der Waals surface area contributed by atoms with Crippen LogP contribution in [0.15, 0.2) is 23.1 Å². The zero-order valence-electron chi connectivity index (χ0n) is 16.9. The molecule has 1 aromatic carbocycles. The maximum absolute atomic E-state index is 12.9. The number of sulfone groups is 1. The lowest BCUT2D eigenvalue weighted by Crippen LogP contribution is -2.56. The number of nitrogens with one attached hydrogen (secondary N) is 4. The van der Waals surface area contributed by atoms with Crippen LogP contribution in [0, 0.1) is 0 Å². The van der Waals surface area contributed by atoms with Gasteiger partial charge in [0, 0.05) is 13.0 Å². The molecule has 0 aliphatic heterocycles. The highest BCUT2D eigenvalue weighted by atomic mass is 35.6. The number of carbonyl (C=O) groups is 1. The van der Waals surface area contributed by atoms with Crippen LogP contribution in [0.2, 0.25) is 0 Å². The third-order valence-electron chi connectivity index (χ3n) is 3.89. The van der Waals surface area contributed by atoms with E-state index in [1.54, 1.807) is 6.92 Å². The van der Waals surface area contributed by atoms with Crippen LogP contribution >= 0.6 is 47.0 Å². The summed E-state index contributed by atoms with van der Waals surface area (Å²) in [6, 6.07) is 2.76. The Labute approximate surface area is 204 Å². The van der Waals surface area contributed by atoms with Crippen LogP contribution < -0.4 is 21.3 Å². The number of hydrogen-bond donors (Lipinski definition) is 4. The van der Waals surface area contributed by atoms with Crippen LogP contribution in [0.5, 0.6) is 0 Å². The SMILES string of the molecule is CCCCC(=O)NC(NC(=S)Nc1cc(S(=O)(=O)C(F)(F)F)ccc1NCC)C(Cl)(Cl)Cl. The number of anilines is 2. The van der Waals surface area contributed by atoms with Gasteiger partial charge in [-0.15, -0.1) is 0 Å². The fraction of sp³-hybridized carbons (Fsp3) is 0.529. The molecule has 0 heterocycles. The molecule has 0 saturated heterocycles. The van der Waals surface area contributed by atoms with E-state index in [2.05, 4.69) is 21.3 Å². The molecule has 0 saturated carbocycles. The second-order valence-electron chi connectivity index (χ2n) is 6.43. The molecule has 0 spiro atoms. The summed E-state index contributed by atoms with van der Waals surface area (Å²) >= 11 is 22.8. The molecule has 15 heteroatoms. The fourth-order valence-corrected chi connectivity index (χ4v) is 3.67. The van der Waals surface area contributed by atoms with E-state index in [0.29, 0.717) is 13.0 Å². The molecule has 4 N–H and O–H groups in total. The van der Waals surface area contributed by atoms with Crippen molar-refractivity contribution in [3.8, 4) is 0 Å². The molecule has 1 amide bonds. The molecule has 1 aromatic rings. The third kappa shape index (κ3) is 8.29. The standard InChI is InChI=1S/C17H22Cl3F3N4O3S2/c1-3-5-6-13(28)26-14(16(18,19)20)27-15(31)25-12-9-10(7-8-11(12)24-4-2)32(29,30)17(21,22)23/h7-9,14,24H,3-6H2,1-2H3,(H,26,28)(H2,25,27,31). The zero-order valence-corrected chi connectivity index (χ0v) is 20.8. The molecule has 1 rings (SSSR count). The van der Waals surface area contributed by atoms with Crippen molar-refractivity contribution in [2.45, 2.75) is 53.5 Å². The topological polar surface area (TPSA) is 99.3 Å². The molecule has 32 heavy (non-hydrogen) atoms. The van der Waals surface area contributed by atoms with Gasteiger partial charge in [-0.1, -0.05) is 48.1 Å². The first-order valence-electron chi connectivity index (χ1n) is 9.26. The van der Waals surface area contributed by atoms with E-state index in [1.807, 2.05) is 6.92 Å². The normalized spacial score (nSPS) is 13.2. The largest absolute Gasteiger partial charge is 0.501 e. The Hall–Kier alpha value is -1.21. The lowest BCUT2D eigenvalue weighted by Gasteiger charge is -2.28. The molecule has 0 radical (unpaired) electrons. The molecular weight excluding hydrogens is 536 g/mol. The van der Waals surface area contributed by atoms with Crippen molar-refractivity contribution >= 4 is 79.3 Å². The van der Waals surface area contributed by atoms with E-state index in [-0.39, 0.29) is 22.9 Å². The van der Waals surface area contributed by atoms with Gasteiger partial charge in [-0.05, 0) is 43.8 Å². The first-order chi connectivity index (χ1) is 14.6. The number of carbonyl (C=O) groups excluding carboxylic acids is 1. The molecule has 0 aliphatic rings. The van der Waals surface area contributed by atoms with Gasteiger partial charge in [0.15, 0.2) is 5.11 Å². The van der Waals surface area contributed by atoms with Crippen molar-refractivity contribution < 1.29 is 26.4 Å². The van der Waals surface area contributed by atoms with Crippen LogP contribution in [0.4, 0.5) is 24.5 Å². The number of thiocarbonyl (C=S) groups is 1. The van der Waals surface area contributed by atoms with Gasteiger partial charge in [-0.2, -0.15) is 13.2 Å². The minimum absolute atomic E-state index is 0.0740. The van der Waals surface area contributed by atoms with Gasteiger partial charge in [-0.25, -0.2) is 8.42 Å². The molecule has 182 valence electrons. The van der Waals surface area contributed by atoms with Crippen molar-refractivity contribution in [2.24, 2.45) is 0 Å². The second kappa shape index (κ2) is 11.8. The number of unbranched alkanes of at least 4 members (excludes halogenated alkanes) is 1. The van der Waals surface area contributed by atoms with E-state index in [1.165, 1.54) is 0 Å². The minimum Gasteiger partial charge on any atom is -0.384 e. The average molecular weight is 558 g/mol. The van der Waals surface area contributed by atoms with E-state index in [0.717, 1.165) is 24.6 Å². The highest BCUT2D eigenvalue weighted by molar-refractivity contribution is 7.92. The summed E-state index contributed by atoms with van der Waals surface area (Å²) in [6.07, 6.45) is 0.274. The number of benzene rings is 1. The Morgan fingerprint density at radius 3 is 2.25 bits per heavy atom. The maximum Gasteiger partial charge on any atom is 0.501 e. The highest BCUT2D eigenvalue weighted by Gasteiger charge is 2.47. The molecule has 1 unspecified atom stereocenters. The van der Waals surface area contributed by atoms with Gasteiger partial charge in [0.25, 0.3) is 9.84 Å². The Kier molecular flexibility index (Phi) is 10.6. The van der Waals surface area contributed by atoms with E-state index in [4.69, 9.17) is 47.0 Å². The van der Waals surface area contributed by atoms with Crippen LogP contribution in [0.3, 0.4) is 0 Å². The van der Waals surface area contributed by atoms with Crippen molar-refractivity contribution in [3.05, 3.63) is 18.2 Å². The highest BCUT2D eigenvalue weighted by Crippen LogP contribution is 2.34. The molecule has 7 nitrogen and oxygen atoms in total. The summed E-state index contributed by atoms with van der Waals surface area (Å²) in [6.45, 7) is 4.00. The Bertz CT molecular complexity index is 926. The lowest BCUT2D eigenvalue weighted by molar-refractivity contribution is -0.122. The predicted molar refractivity (Wildman–Crippen MR) is 125 cm³/mol. The Balaban J connectivity index is 3.15. The van der Waals surface area contributed by atoms with Gasteiger partial charge < -0.3 is 21.3 Å². The Morgan fingerprint density at radius 2 is 1.75 bits per heavy atom. The third-order valence-corrected chi connectivity index (χ3v) is 6.25. The summed E-state index contributed by atoms with van der Waals surface area (Å²) in [5.41, 5.74) is -5.28. The second-order valence-corrected chi connectivity index (χ2v) is 11.1. The molecule has 1 atom stereocenters.